The summed E-state index contributed by atoms with van der Waals surface area (Å²) in [6, 6.07) is 1.18. The molecule has 0 bridgehead atoms. The molecule has 0 unspecified atom stereocenters. The molecule has 0 saturated carbocycles. The summed E-state index contributed by atoms with van der Waals surface area (Å²) in [5.74, 6) is -1.14. The predicted octanol–water partition coefficient (Wildman–Crippen LogP) is 0.754. The number of hydrogen-bond acceptors (Lipinski definition) is 3. The van der Waals surface area contributed by atoms with E-state index in [1.165, 1.54) is 28.2 Å². The number of rotatable bonds is 5. The van der Waals surface area contributed by atoms with Gasteiger partial charge < -0.3 is 9.67 Å². The van der Waals surface area contributed by atoms with Crippen LogP contribution in [0.4, 0.5) is 0 Å². The molecule has 7 heteroatoms. The maximum Gasteiger partial charge on any atom is 0.352 e. The van der Waals surface area contributed by atoms with Gasteiger partial charge in [-0.05, 0) is 6.07 Å². The Hall–Kier alpha value is -1.34. The normalized spacial score (nSPS) is 12.0. The number of carboxylic acids is 1. The van der Waals surface area contributed by atoms with Crippen molar-refractivity contribution in [3.63, 3.8) is 0 Å². The van der Waals surface area contributed by atoms with Gasteiger partial charge in [0.25, 0.3) is 0 Å². The second-order valence-electron chi connectivity index (χ2n) is 3.57. The standard InChI is InChI=1S/C10H16N2O4S/c1-4-12(5-2)17(15,16)8-6-9(10(13)14)11(3)7-8/h6-7H,4-5H2,1-3H3,(H,13,14). The van der Waals surface area contributed by atoms with Gasteiger partial charge in [-0.1, -0.05) is 13.8 Å². The summed E-state index contributed by atoms with van der Waals surface area (Å²) in [5.41, 5.74) is -0.0456. The lowest BCUT2D eigenvalue weighted by molar-refractivity contribution is 0.0686. The Morgan fingerprint density at radius 1 is 1.41 bits per heavy atom. The molecule has 1 heterocycles. The van der Waals surface area contributed by atoms with Crippen molar-refractivity contribution in [1.82, 2.24) is 8.87 Å². The first kappa shape index (κ1) is 13.7. The molecule has 6 nitrogen and oxygen atoms in total. The number of sulfonamides is 1. The fraction of sp³-hybridized carbons (Fsp3) is 0.500. The van der Waals surface area contributed by atoms with E-state index in [2.05, 4.69) is 0 Å². The van der Waals surface area contributed by atoms with Crippen LogP contribution in [0.1, 0.15) is 24.3 Å². The molecule has 17 heavy (non-hydrogen) atoms. The number of aromatic carboxylic acids is 1. The van der Waals surface area contributed by atoms with Gasteiger partial charge >= 0.3 is 5.97 Å². The third kappa shape index (κ3) is 2.50. The van der Waals surface area contributed by atoms with Crippen LogP contribution >= 0.6 is 0 Å². The van der Waals surface area contributed by atoms with Crippen molar-refractivity contribution in [3.8, 4) is 0 Å². The Kier molecular flexibility index (Phi) is 3.94. The minimum Gasteiger partial charge on any atom is -0.477 e. The van der Waals surface area contributed by atoms with E-state index in [0.717, 1.165) is 0 Å². The molecule has 0 radical (unpaired) electrons. The highest BCUT2D eigenvalue weighted by Crippen LogP contribution is 2.18. The monoisotopic (exact) mass is 260 g/mol. The molecule has 0 aliphatic rings. The molecule has 96 valence electrons. The van der Waals surface area contributed by atoms with Crippen molar-refractivity contribution in [2.75, 3.05) is 13.1 Å². The SMILES string of the molecule is CCN(CC)S(=O)(=O)c1cc(C(=O)O)n(C)c1. The molecule has 0 atom stereocenters. The van der Waals surface area contributed by atoms with E-state index in [1.807, 2.05) is 0 Å². The zero-order valence-electron chi connectivity index (χ0n) is 10.0. The van der Waals surface area contributed by atoms with Crippen molar-refractivity contribution in [2.45, 2.75) is 18.7 Å². The van der Waals surface area contributed by atoms with Gasteiger partial charge in [-0.3, -0.25) is 0 Å². The summed E-state index contributed by atoms with van der Waals surface area (Å²) >= 11 is 0. The molecule has 0 amide bonds. The molecule has 1 rings (SSSR count). The highest BCUT2D eigenvalue weighted by molar-refractivity contribution is 7.89. The molecule has 0 spiro atoms. The first-order valence-electron chi connectivity index (χ1n) is 5.24. The summed E-state index contributed by atoms with van der Waals surface area (Å²) in [6.07, 6.45) is 1.32. The highest BCUT2D eigenvalue weighted by Gasteiger charge is 2.25. The Morgan fingerprint density at radius 3 is 2.29 bits per heavy atom. The first-order valence-corrected chi connectivity index (χ1v) is 6.68. The van der Waals surface area contributed by atoms with E-state index in [1.54, 1.807) is 13.8 Å². The average Bonchev–Trinajstić information content (AvgIpc) is 2.62. The molecule has 0 aliphatic carbocycles. The fourth-order valence-electron chi connectivity index (χ4n) is 1.60. The number of carboxylic acid groups (broad SMARTS) is 1. The summed E-state index contributed by atoms with van der Waals surface area (Å²) in [7, 11) is -2.08. The molecule has 0 aromatic carbocycles. The Balaban J connectivity index is 3.25. The van der Waals surface area contributed by atoms with Crippen LogP contribution in [0, 0.1) is 0 Å². The second-order valence-corrected chi connectivity index (χ2v) is 5.50. The van der Waals surface area contributed by atoms with E-state index < -0.39 is 16.0 Å². The molecule has 1 aromatic rings. The number of carbonyl (C=O) groups is 1. The van der Waals surface area contributed by atoms with Crippen LogP contribution in [0.2, 0.25) is 0 Å². The number of aryl methyl sites for hydroxylation is 1. The number of hydrogen-bond donors (Lipinski definition) is 1. The Labute approximate surface area is 101 Å². The maximum absolute atomic E-state index is 12.1. The molecule has 0 fully saturated rings. The quantitative estimate of drug-likeness (QED) is 0.847. The zero-order chi connectivity index (χ0) is 13.2. The Bertz CT molecular complexity index is 514. The largest absolute Gasteiger partial charge is 0.477 e. The minimum absolute atomic E-state index is 0.0149. The lowest BCUT2D eigenvalue weighted by Crippen LogP contribution is -2.30. The van der Waals surface area contributed by atoms with E-state index >= 15 is 0 Å². The van der Waals surface area contributed by atoms with Crippen LogP contribution in [-0.2, 0) is 17.1 Å². The van der Waals surface area contributed by atoms with Gasteiger partial charge in [-0.2, -0.15) is 4.31 Å². The molecular weight excluding hydrogens is 244 g/mol. The van der Waals surface area contributed by atoms with Gasteiger partial charge in [0.15, 0.2) is 0 Å². The van der Waals surface area contributed by atoms with E-state index in [4.69, 9.17) is 5.11 Å². The van der Waals surface area contributed by atoms with E-state index in [-0.39, 0.29) is 10.6 Å². The minimum atomic E-state index is -3.59. The van der Waals surface area contributed by atoms with Crippen LogP contribution in [0.15, 0.2) is 17.2 Å². The van der Waals surface area contributed by atoms with E-state index in [0.29, 0.717) is 13.1 Å². The summed E-state index contributed by atoms with van der Waals surface area (Å²) < 4.78 is 26.8. The van der Waals surface area contributed by atoms with Crippen molar-refractivity contribution in [1.29, 1.82) is 0 Å². The lowest BCUT2D eigenvalue weighted by atomic mass is 10.4. The summed E-state index contributed by atoms with van der Waals surface area (Å²) in [5, 5.41) is 8.87. The summed E-state index contributed by atoms with van der Waals surface area (Å²) in [6.45, 7) is 4.19. The molecule has 1 aromatic heterocycles. The van der Waals surface area contributed by atoms with Gasteiger partial charge in [-0.25, -0.2) is 13.2 Å². The lowest BCUT2D eigenvalue weighted by Gasteiger charge is -2.17. The smallest absolute Gasteiger partial charge is 0.352 e. The van der Waals surface area contributed by atoms with Crippen LogP contribution in [0.25, 0.3) is 0 Å². The van der Waals surface area contributed by atoms with Crippen LogP contribution in [0.3, 0.4) is 0 Å². The van der Waals surface area contributed by atoms with E-state index in [9.17, 15) is 13.2 Å². The van der Waals surface area contributed by atoms with Gasteiger partial charge in [0.2, 0.25) is 10.0 Å². The predicted molar refractivity (Wildman–Crippen MR) is 62.5 cm³/mol. The number of nitrogens with zero attached hydrogens (tertiary/aromatic N) is 2. The molecule has 0 saturated heterocycles. The average molecular weight is 260 g/mol. The van der Waals surface area contributed by atoms with Gasteiger partial charge in [-0.15, -0.1) is 0 Å². The molecule has 1 N–H and O–H groups in total. The van der Waals surface area contributed by atoms with Crippen molar-refractivity contribution < 1.29 is 18.3 Å². The van der Waals surface area contributed by atoms with Crippen LogP contribution in [0.5, 0.6) is 0 Å². The van der Waals surface area contributed by atoms with Gasteiger partial charge in [0, 0.05) is 26.3 Å². The maximum atomic E-state index is 12.1. The van der Waals surface area contributed by atoms with Crippen LogP contribution in [-0.4, -0.2) is 41.5 Å². The van der Waals surface area contributed by atoms with Crippen LogP contribution < -0.4 is 0 Å². The summed E-state index contributed by atoms with van der Waals surface area (Å²) in [4.78, 5) is 10.9. The first-order chi connectivity index (χ1) is 7.84. The topological polar surface area (TPSA) is 79.6 Å². The van der Waals surface area contributed by atoms with Crippen molar-refractivity contribution in [2.24, 2.45) is 7.05 Å². The molecule has 0 aliphatic heterocycles. The Morgan fingerprint density at radius 2 is 1.94 bits per heavy atom. The second kappa shape index (κ2) is 4.89. The van der Waals surface area contributed by atoms with Crippen molar-refractivity contribution >= 4 is 16.0 Å². The third-order valence-electron chi connectivity index (χ3n) is 2.54. The highest BCUT2D eigenvalue weighted by atomic mass is 32.2. The van der Waals surface area contributed by atoms with Gasteiger partial charge in [0.1, 0.15) is 10.6 Å². The molecular formula is C10H16N2O4S. The third-order valence-corrected chi connectivity index (χ3v) is 4.56. The van der Waals surface area contributed by atoms with Gasteiger partial charge in [0.05, 0.1) is 0 Å². The fourth-order valence-corrected chi connectivity index (χ4v) is 3.13. The van der Waals surface area contributed by atoms with Crippen molar-refractivity contribution in [3.05, 3.63) is 18.0 Å². The number of aromatic nitrogens is 1. The zero-order valence-corrected chi connectivity index (χ0v) is 10.9.